The number of pyridine rings is 1. The molecule has 0 bridgehead atoms. The van der Waals surface area contributed by atoms with Gasteiger partial charge in [0.1, 0.15) is 17.2 Å². The van der Waals surface area contributed by atoms with Crippen molar-refractivity contribution in [2.24, 2.45) is 0 Å². The lowest BCUT2D eigenvalue weighted by atomic mass is 10.2. The van der Waals surface area contributed by atoms with Gasteiger partial charge in [-0.25, -0.2) is 13.8 Å². The number of methoxy groups -OCH3 is 1. The van der Waals surface area contributed by atoms with Crippen molar-refractivity contribution in [3.63, 3.8) is 0 Å². The van der Waals surface area contributed by atoms with E-state index < -0.39 is 17.9 Å². The average molecular weight is 214 g/mol. The number of hydrogen-bond acceptors (Lipinski definition) is 4. The highest BCUT2D eigenvalue weighted by Gasteiger charge is 2.18. The maximum absolute atomic E-state index is 12.3. The van der Waals surface area contributed by atoms with E-state index >= 15 is 0 Å². The number of rotatable bonds is 3. The van der Waals surface area contributed by atoms with Gasteiger partial charge in [-0.1, -0.05) is 0 Å². The summed E-state index contributed by atoms with van der Waals surface area (Å²) in [5.41, 5.74) is -0.644. The Morgan fingerprint density at radius 2 is 2.33 bits per heavy atom. The molecule has 0 fully saturated rings. The van der Waals surface area contributed by atoms with Gasteiger partial charge in [0, 0.05) is 6.07 Å². The quantitative estimate of drug-likeness (QED) is 0.833. The van der Waals surface area contributed by atoms with Crippen molar-refractivity contribution in [2.75, 3.05) is 7.11 Å². The van der Waals surface area contributed by atoms with E-state index in [9.17, 15) is 13.9 Å². The maximum atomic E-state index is 12.3. The predicted octanol–water partition coefficient (Wildman–Crippen LogP) is 1.80. The molecule has 0 aromatic carbocycles. The van der Waals surface area contributed by atoms with E-state index in [2.05, 4.69) is 4.98 Å². The monoisotopic (exact) mass is 214 g/mol. The van der Waals surface area contributed by atoms with Crippen molar-refractivity contribution < 1.29 is 18.6 Å². The Morgan fingerprint density at radius 3 is 2.80 bits per heavy atom. The number of halogens is 2. The first kappa shape index (κ1) is 11.2. The van der Waals surface area contributed by atoms with Gasteiger partial charge in [-0.05, 0) is 0 Å². The van der Waals surface area contributed by atoms with Gasteiger partial charge in [0.2, 0.25) is 0 Å². The van der Waals surface area contributed by atoms with Gasteiger partial charge in [0.05, 0.1) is 25.3 Å². The molecule has 1 aromatic rings. The molecule has 6 heteroatoms. The Hall–Kier alpha value is -1.90. The molecule has 80 valence electrons. The zero-order valence-electron chi connectivity index (χ0n) is 7.87. The van der Waals surface area contributed by atoms with Crippen LogP contribution in [-0.4, -0.2) is 17.2 Å². The highest BCUT2D eigenvalue weighted by Crippen LogP contribution is 2.31. The first-order valence-corrected chi connectivity index (χ1v) is 4.02. The van der Waals surface area contributed by atoms with Crippen LogP contribution in [0.25, 0.3) is 0 Å². The van der Waals surface area contributed by atoms with Crippen LogP contribution >= 0.6 is 0 Å². The molecular formula is C9H8F2N2O2. The second-order valence-electron chi connectivity index (χ2n) is 2.68. The molecule has 4 nitrogen and oxygen atoms in total. The molecule has 15 heavy (non-hydrogen) atoms. The van der Waals surface area contributed by atoms with E-state index in [4.69, 9.17) is 10.00 Å². The summed E-state index contributed by atoms with van der Waals surface area (Å²) < 4.78 is 29.5. The summed E-state index contributed by atoms with van der Waals surface area (Å²) in [5.74, 6) is -0.512. The summed E-state index contributed by atoms with van der Waals surface area (Å²) in [6.45, 7) is 0. The first-order valence-electron chi connectivity index (χ1n) is 4.02. The molecule has 0 aliphatic carbocycles. The van der Waals surface area contributed by atoms with E-state index in [1.165, 1.54) is 7.11 Å². The van der Waals surface area contributed by atoms with E-state index in [0.29, 0.717) is 0 Å². The predicted molar refractivity (Wildman–Crippen MR) is 46.7 cm³/mol. The van der Waals surface area contributed by atoms with Crippen LogP contribution in [0.15, 0.2) is 6.07 Å². The molecular weight excluding hydrogens is 206 g/mol. The van der Waals surface area contributed by atoms with Crippen molar-refractivity contribution in [3.05, 3.63) is 17.5 Å². The lowest BCUT2D eigenvalue weighted by molar-refractivity contribution is 0.141. The Bertz CT molecular complexity index is 402. The zero-order chi connectivity index (χ0) is 11.4. The van der Waals surface area contributed by atoms with E-state index in [1.54, 1.807) is 6.07 Å². The summed E-state index contributed by atoms with van der Waals surface area (Å²) in [4.78, 5) is 3.48. The number of aromatic hydroxyl groups is 1. The number of hydrogen-bond donors (Lipinski definition) is 1. The van der Waals surface area contributed by atoms with Crippen LogP contribution in [0.1, 0.15) is 17.8 Å². The lowest BCUT2D eigenvalue weighted by Crippen LogP contribution is -2.00. The Labute approximate surface area is 84.7 Å². The van der Waals surface area contributed by atoms with Gasteiger partial charge in [-0.15, -0.1) is 0 Å². The van der Waals surface area contributed by atoms with E-state index in [1.807, 2.05) is 0 Å². The molecule has 0 aliphatic heterocycles. The summed E-state index contributed by atoms with van der Waals surface area (Å²) in [6, 6.07) is 2.80. The Kier molecular flexibility index (Phi) is 3.39. The second kappa shape index (κ2) is 4.55. The fraction of sp³-hybridized carbons (Fsp3) is 0.333. The standard InChI is InChI=1S/C9H8F2N2O2/c1-15-7-4-6(14)8(9(10)11)13-5(7)2-3-12/h4,9,14H,2H2,1H3. The van der Waals surface area contributed by atoms with Crippen molar-refractivity contribution in [1.29, 1.82) is 5.26 Å². The summed E-state index contributed by atoms with van der Waals surface area (Å²) in [5, 5.41) is 17.6. The third-order valence-electron chi connectivity index (χ3n) is 1.74. The second-order valence-corrected chi connectivity index (χ2v) is 2.68. The number of aromatic nitrogens is 1. The summed E-state index contributed by atoms with van der Waals surface area (Å²) in [7, 11) is 1.30. The molecule has 1 heterocycles. The molecule has 0 radical (unpaired) electrons. The molecule has 0 aliphatic rings. The summed E-state index contributed by atoms with van der Waals surface area (Å²) >= 11 is 0. The van der Waals surface area contributed by atoms with Crippen LogP contribution in [0, 0.1) is 11.3 Å². The minimum absolute atomic E-state index is 0.0908. The fourth-order valence-electron chi connectivity index (χ4n) is 1.08. The molecule has 1 N–H and O–H groups in total. The summed E-state index contributed by atoms with van der Waals surface area (Å²) in [6.07, 6.45) is -3.03. The highest BCUT2D eigenvalue weighted by molar-refractivity contribution is 5.40. The van der Waals surface area contributed by atoms with Crippen LogP contribution in [-0.2, 0) is 6.42 Å². The smallest absolute Gasteiger partial charge is 0.284 e. The van der Waals surface area contributed by atoms with Gasteiger partial charge < -0.3 is 9.84 Å². The minimum Gasteiger partial charge on any atom is -0.506 e. The lowest BCUT2D eigenvalue weighted by Gasteiger charge is -2.08. The van der Waals surface area contributed by atoms with Crippen molar-refractivity contribution in [1.82, 2.24) is 4.98 Å². The zero-order valence-corrected chi connectivity index (χ0v) is 7.87. The van der Waals surface area contributed by atoms with Crippen molar-refractivity contribution >= 4 is 0 Å². The van der Waals surface area contributed by atoms with Gasteiger partial charge in [0.15, 0.2) is 0 Å². The number of nitriles is 1. The van der Waals surface area contributed by atoms with Crippen molar-refractivity contribution in [2.45, 2.75) is 12.8 Å². The van der Waals surface area contributed by atoms with Crippen LogP contribution in [0.2, 0.25) is 0 Å². The van der Waals surface area contributed by atoms with Gasteiger partial charge in [0.25, 0.3) is 6.43 Å². The van der Waals surface area contributed by atoms with Crippen LogP contribution in [0.5, 0.6) is 11.5 Å². The topological polar surface area (TPSA) is 66.1 Å². The third kappa shape index (κ3) is 2.31. The molecule has 1 aromatic heterocycles. The minimum atomic E-state index is -2.88. The van der Waals surface area contributed by atoms with Gasteiger partial charge >= 0.3 is 0 Å². The molecule has 0 unspecified atom stereocenters. The number of alkyl halides is 2. The molecule has 0 spiro atoms. The van der Waals surface area contributed by atoms with Crippen molar-refractivity contribution in [3.8, 4) is 17.6 Å². The van der Waals surface area contributed by atoms with E-state index in [0.717, 1.165) is 6.07 Å². The van der Waals surface area contributed by atoms with E-state index in [-0.39, 0.29) is 17.9 Å². The Balaban J connectivity index is 3.25. The largest absolute Gasteiger partial charge is 0.506 e. The van der Waals surface area contributed by atoms with Crippen LogP contribution in [0.3, 0.4) is 0 Å². The average Bonchev–Trinajstić information content (AvgIpc) is 2.20. The Morgan fingerprint density at radius 1 is 1.67 bits per heavy atom. The molecule has 1 rings (SSSR count). The maximum Gasteiger partial charge on any atom is 0.284 e. The third-order valence-corrected chi connectivity index (χ3v) is 1.74. The SMILES string of the molecule is COc1cc(O)c(C(F)F)nc1CC#N. The number of nitrogens with zero attached hydrogens (tertiary/aromatic N) is 2. The normalized spacial score (nSPS) is 10.1. The molecule has 0 amide bonds. The van der Waals surface area contributed by atoms with Crippen LogP contribution in [0.4, 0.5) is 8.78 Å². The fourth-order valence-corrected chi connectivity index (χ4v) is 1.08. The molecule has 0 atom stereocenters. The molecule has 0 saturated heterocycles. The van der Waals surface area contributed by atoms with Gasteiger partial charge in [-0.2, -0.15) is 5.26 Å². The van der Waals surface area contributed by atoms with Gasteiger partial charge in [-0.3, -0.25) is 0 Å². The number of ether oxygens (including phenoxy) is 1. The van der Waals surface area contributed by atoms with Crippen LogP contribution < -0.4 is 4.74 Å². The first-order chi connectivity index (χ1) is 7.10. The highest BCUT2D eigenvalue weighted by atomic mass is 19.3. The molecule has 0 saturated carbocycles.